The van der Waals surface area contributed by atoms with Crippen LogP contribution in [0.1, 0.15) is 59.8 Å². The third-order valence-corrected chi connectivity index (χ3v) is 4.35. The van der Waals surface area contributed by atoms with Crippen LogP contribution in [0.2, 0.25) is 0 Å². The molecule has 0 radical (unpaired) electrons. The number of rotatable bonds is 8. The predicted octanol–water partition coefficient (Wildman–Crippen LogP) is 2.97. The van der Waals surface area contributed by atoms with Crippen molar-refractivity contribution in [3.8, 4) is 0 Å². The standard InChI is InChI=1S/C16H33NO2/c1-5-16(3,4)12-17-10-14(18)11-19-15-8-6-7-13(2)9-15/h13-15,17-18H,5-12H2,1-4H3. The molecule has 114 valence electrons. The molecule has 3 heteroatoms. The smallest absolute Gasteiger partial charge is 0.0897 e. The van der Waals surface area contributed by atoms with Gasteiger partial charge in [0.25, 0.3) is 0 Å². The summed E-state index contributed by atoms with van der Waals surface area (Å²) in [6.45, 7) is 11.0. The van der Waals surface area contributed by atoms with Gasteiger partial charge < -0.3 is 15.2 Å². The van der Waals surface area contributed by atoms with Crippen molar-refractivity contribution in [2.24, 2.45) is 11.3 Å². The Balaban J connectivity index is 2.09. The molecule has 3 nitrogen and oxygen atoms in total. The van der Waals surface area contributed by atoms with Crippen LogP contribution >= 0.6 is 0 Å². The van der Waals surface area contributed by atoms with Crippen LogP contribution in [0.25, 0.3) is 0 Å². The van der Waals surface area contributed by atoms with E-state index in [1.54, 1.807) is 0 Å². The summed E-state index contributed by atoms with van der Waals surface area (Å²) < 4.78 is 5.83. The molecule has 1 aliphatic rings. The van der Waals surface area contributed by atoms with Crippen molar-refractivity contribution in [3.63, 3.8) is 0 Å². The number of aliphatic hydroxyl groups is 1. The number of ether oxygens (including phenoxy) is 1. The molecule has 0 aliphatic heterocycles. The van der Waals surface area contributed by atoms with Crippen LogP contribution in [0.3, 0.4) is 0 Å². The molecule has 1 aliphatic carbocycles. The van der Waals surface area contributed by atoms with Gasteiger partial charge in [0.1, 0.15) is 0 Å². The fraction of sp³-hybridized carbons (Fsp3) is 1.00. The van der Waals surface area contributed by atoms with Crippen LogP contribution in [0.4, 0.5) is 0 Å². The summed E-state index contributed by atoms with van der Waals surface area (Å²) in [4.78, 5) is 0. The first-order valence-electron chi connectivity index (χ1n) is 7.93. The highest BCUT2D eigenvalue weighted by molar-refractivity contribution is 4.73. The molecule has 0 heterocycles. The normalized spacial score (nSPS) is 26.4. The Kier molecular flexibility index (Phi) is 7.33. The Morgan fingerprint density at radius 3 is 2.74 bits per heavy atom. The quantitative estimate of drug-likeness (QED) is 0.713. The average molecular weight is 271 g/mol. The summed E-state index contributed by atoms with van der Waals surface area (Å²) in [5.74, 6) is 0.777. The van der Waals surface area contributed by atoms with Gasteiger partial charge in [0.2, 0.25) is 0 Å². The zero-order valence-corrected chi connectivity index (χ0v) is 13.2. The first-order valence-corrected chi connectivity index (χ1v) is 7.93. The number of aliphatic hydroxyl groups excluding tert-OH is 1. The number of nitrogens with one attached hydrogen (secondary N) is 1. The van der Waals surface area contributed by atoms with E-state index in [0.29, 0.717) is 24.7 Å². The second-order valence-electron chi connectivity index (χ2n) is 7.03. The van der Waals surface area contributed by atoms with Crippen molar-refractivity contribution in [2.45, 2.75) is 72.0 Å². The third kappa shape index (κ3) is 7.28. The zero-order valence-electron chi connectivity index (χ0n) is 13.2. The number of hydrogen-bond donors (Lipinski definition) is 2. The minimum absolute atomic E-state index is 0.305. The fourth-order valence-electron chi connectivity index (χ4n) is 2.54. The molecule has 3 unspecified atom stereocenters. The Morgan fingerprint density at radius 1 is 1.37 bits per heavy atom. The highest BCUT2D eigenvalue weighted by Gasteiger charge is 2.20. The molecule has 2 N–H and O–H groups in total. The van der Waals surface area contributed by atoms with Crippen LogP contribution in [-0.4, -0.2) is 37.0 Å². The van der Waals surface area contributed by atoms with Crippen LogP contribution < -0.4 is 5.32 Å². The molecule has 1 saturated carbocycles. The molecule has 0 aromatic rings. The lowest BCUT2D eigenvalue weighted by molar-refractivity contribution is -0.0310. The second kappa shape index (κ2) is 8.23. The molecule has 0 saturated heterocycles. The summed E-state index contributed by atoms with van der Waals surface area (Å²) >= 11 is 0. The summed E-state index contributed by atoms with van der Waals surface area (Å²) in [6.07, 6.45) is 6.04. The Morgan fingerprint density at radius 2 is 2.11 bits per heavy atom. The first-order chi connectivity index (χ1) is 8.93. The van der Waals surface area contributed by atoms with Gasteiger partial charge in [-0.2, -0.15) is 0 Å². The van der Waals surface area contributed by atoms with Gasteiger partial charge >= 0.3 is 0 Å². The van der Waals surface area contributed by atoms with Crippen LogP contribution in [0, 0.1) is 11.3 Å². The second-order valence-corrected chi connectivity index (χ2v) is 7.03. The van der Waals surface area contributed by atoms with Crippen molar-refractivity contribution < 1.29 is 9.84 Å². The Bertz CT molecular complexity index is 243. The van der Waals surface area contributed by atoms with Crippen LogP contribution in [0.5, 0.6) is 0 Å². The summed E-state index contributed by atoms with van der Waals surface area (Å²) in [5.41, 5.74) is 0.305. The van der Waals surface area contributed by atoms with E-state index >= 15 is 0 Å². The van der Waals surface area contributed by atoms with E-state index in [-0.39, 0.29) is 6.10 Å². The fourth-order valence-corrected chi connectivity index (χ4v) is 2.54. The van der Waals surface area contributed by atoms with Gasteiger partial charge in [-0.1, -0.05) is 40.5 Å². The average Bonchev–Trinajstić information content (AvgIpc) is 2.36. The van der Waals surface area contributed by atoms with Gasteiger partial charge in [-0.05, 0) is 30.6 Å². The van der Waals surface area contributed by atoms with Crippen LogP contribution in [0.15, 0.2) is 0 Å². The minimum atomic E-state index is -0.384. The van der Waals surface area contributed by atoms with E-state index in [1.165, 1.54) is 12.8 Å². The highest BCUT2D eigenvalue weighted by Crippen LogP contribution is 2.25. The maximum Gasteiger partial charge on any atom is 0.0897 e. The van der Waals surface area contributed by atoms with E-state index in [1.807, 2.05) is 0 Å². The van der Waals surface area contributed by atoms with Gasteiger partial charge in [0, 0.05) is 13.1 Å². The summed E-state index contributed by atoms with van der Waals surface area (Å²) in [6, 6.07) is 0. The van der Waals surface area contributed by atoms with Crippen molar-refractivity contribution in [2.75, 3.05) is 19.7 Å². The molecule has 0 amide bonds. The molecule has 0 spiro atoms. The molecular weight excluding hydrogens is 238 g/mol. The molecule has 0 bridgehead atoms. The van der Waals surface area contributed by atoms with Crippen molar-refractivity contribution in [1.82, 2.24) is 5.32 Å². The van der Waals surface area contributed by atoms with Crippen molar-refractivity contribution in [3.05, 3.63) is 0 Å². The van der Waals surface area contributed by atoms with E-state index in [9.17, 15) is 5.11 Å². The van der Waals surface area contributed by atoms with Gasteiger partial charge in [-0.15, -0.1) is 0 Å². The topological polar surface area (TPSA) is 41.5 Å². The van der Waals surface area contributed by atoms with Gasteiger partial charge in [0.15, 0.2) is 0 Å². The van der Waals surface area contributed by atoms with E-state index in [0.717, 1.165) is 31.7 Å². The summed E-state index contributed by atoms with van der Waals surface area (Å²) in [5, 5.41) is 13.3. The first kappa shape index (κ1) is 16.9. The Hall–Kier alpha value is -0.120. The molecule has 1 rings (SSSR count). The molecular formula is C16H33NO2. The lowest BCUT2D eigenvalue weighted by atomic mass is 9.89. The molecule has 1 fully saturated rings. The van der Waals surface area contributed by atoms with Crippen molar-refractivity contribution >= 4 is 0 Å². The third-order valence-electron chi connectivity index (χ3n) is 4.35. The van der Waals surface area contributed by atoms with Crippen molar-refractivity contribution in [1.29, 1.82) is 0 Å². The van der Waals surface area contributed by atoms with E-state index < -0.39 is 0 Å². The highest BCUT2D eigenvalue weighted by atomic mass is 16.5. The van der Waals surface area contributed by atoms with Crippen LogP contribution in [-0.2, 0) is 4.74 Å². The van der Waals surface area contributed by atoms with Gasteiger partial charge in [0.05, 0.1) is 18.8 Å². The summed E-state index contributed by atoms with van der Waals surface area (Å²) in [7, 11) is 0. The van der Waals surface area contributed by atoms with Gasteiger partial charge in [-0.3, -0.25) is 0 Å². The largest absolute Gasteiger partial charge is 0.389 e. The molecule has 0 aromatic heterocycles. The van der Waals surface area contributed by atoms with Gasteiger partial charge in [-0.25, -0.2) is 0 Å². The monoisotopic (exact) mass is 271 g/mol. The Labute approximate surface area is 119 Å². The minimum Gasteiger partial charge on any atom is -0.389 e. The molecule has 3 atom stereocenters. The SMILES string of the molecule is CCC(C)(C)CNCC(O)COC1CCCC(C)C1. The lowest BCUT2D eigenvalue weighted by Gasteiger charge is -2.28. The zero-order chi connectivity index (χ0) is 14.3. The predicted molar refractivity (Wildman–Crippen MR) is 80.3 cm³/mol. The van der Waals surface area contributed by atoms with E-state index in [4.69, 9.17) is 4.74 Å². The lowest BCUT2D eigenvalue weighted by Crippen LogP contribution is -2.37. The maximum atomic E-state index is 9.93. The maximum absolute atomic E-state index is 9.93. The molecule has 0 aromatic carbocycles. The number of hydrogen-bond acceptors (Lipinski definition) is 3. The molecule has 19 heavy (non-hydrogen) atoms. The van der Waals surface area contributed by atoms with E-state index in [2.05, 4.69) is 33.0 Å².